The monoisotopic (exact) mass is 355 g/mol. The lowest BCUT2D eigenvalue weighted by atomic mass is 9.83. The molecule has 0 saturated heterocycles. The Labute approximate surface area is 118 Å². The topological polar surface area (TPSA) is 78.2 Å². The summed E-state index contributed by atoms with van der Waals surface area (Å²) in [6, 6.07) is 10.0. The maximum absolute atomic E-state index is 11.9. The van der Waals surface area contributed by atoms with Gasteiger partial charge >= 0.3 is 5.97 Å². The molecule has 0 amide bonds. The van der Waals surface area contributed by atoms with Gasteiger partial charge in [-0.2, -0.15) is 5.26 Å². The SMILES string of the molecule is N#C[C@](/C=C/I)(CC(=O)c1ccccc1)C(=O)O. The van der Waals surface area contributed by atoms with Crippen molar-refractivity contribution in [1.29, 1.82) is 5.26 Å². The summed E-state index contributed by atoms with van der Waals surface area (Å²) in [5, 5.41) is 18.2. The Bertz CT molecular complexity index is 519. The van der Waals surface area contributed by atoms with Crippen molar-refractivity contribution in [3.05, 3.63) is 46.1 Å². The number of benzene rings is 1. The number of halogens is 1. The van der Waals surface area contributed by atoms with Crippen LogP contribution in [0.2, 0.25) is 0 Å². The van der Waals surface area contributed by atoms with Gasteiger partial charge in [0.1, 0.15) is 0 Å². The number of rotatable bonds is 5. The van der Waals surface area contributed by atoms with Crippen molar-refractivity contribution >= 4 is 34.3 Å². The van der Waals surface area contributed by atoms with Gasteiger partial charge in [0.25, 0.3) is 0 Å². The second kappa shape index (κ2) is 6.31. The summed E-state index contributed by atoms with van der Waals surface area (Å²) < 4.78 is 1.44. The summed E-state index contributed by atoms with van der Waals surface area (Å²) in [5.74, 6) is -1.68. The number of nitrogens with zero attached hydrogens (tertiary/aromatic N) is 1. The average Bonchev–Trinajstić information content (AvgIpc) is 2.38. The number of carbonyl (C=O) groups is 2. The van der Waals surface area contributed by atoms with Crippen LogP contribution in [-0.2, 0) is 4.79 Å². The minimum Gasteiger partial charge on any atom is -0.480 e. The molecule has 0 heterocycles. The van der Waals surface area contributed by atoms with E-state index in [1.807, 2.05) is 22.6 Å². The van der Waals surface area contributed by atoms with Gasteiger partial charge in [0.15, 0.2) is 11.2 Å². The molecule has 0 bridgehead atoms. The maximum Gasteiger partial charge on any atom is 0.328 e. The second-order valence-electron chi connectivity index (χ2n) is 3.65. The largest absolute Gasteiger partial charge is 0.480 e. The predicted octanol–water partition coefficient (Wildman–Crippen LogP) is 2.80. The third kappa shape index (κ3) is 3.17. The van der Waals surface area contributed by atoms with Crippen LogP contribution in [0.25, 0.3) is 0 Å². The van der Waals surface area contributed by atoms with Gasteiger partial charge in [-0.1, -0.05) is 52.9 Å². The van der Waals surface area contributed by atoms with Crippen LogP contribution in [0.1, 0.15) is 16.8 Å². The van der Waals surface area contributed by atoms with Gasteiger partial charge in [0.2, 0.25) is 0 Å². The van der Waals surface area contributed by atoms with Crippen LogP contribution in [0, 0.1) is 16.7 Å². The van der Waals surface area contributed by atoms with Gasteiger partial charge in [0.05, 0.1) is 6.07 Å². The zero-order valence-electron chi connectivity index (χ0n) is 9.34. The molecule has 0 fully saturated rings. The van der Waals surface area contributed by atoms with Gasteiger partial charge in [-0.05, 0) is 10.2 Å². The Kier molecular flexibility index (Phi) is 5.04. The van der Waals surface area contributed by atoms with Crippen molar-refractivity contribution in [2.24, 2.45) is 5.41 Å². The zero-order valence-corrected chi connectivity index (χ0v) is 11.5. The van der Waals surface area contributed by atoms with Crippen molar-refractivity contribution in [1.82, 2.24) is 0 Å². The molecule has 0 radical (unpaired) electrons. The first-order valence-electron chi connectivity index (χ1n) is 5.06. The van der Waals surface area contributed by atoms with E-state index >= 15 is 0 Å². The summed E-state index contributed by atoms with van der Waals surface area (Å²) in [4.78, 5) is 23.1. The molecule has 1 aromatic rings. The van der Waals surface area contributed by atoms with Crippen LogP contribution in [0.5, 0.6) is 0 Å². The van der Waals surface area contributed by atoms with E-state index in [1.165, 1.54) is 10.2 Å². The van der Waals surface area contributed by atoms with Gasteiger partial charge in [-0.3, -0.25) is 9.59 Å². The molecule has 0 spiro atoms. The highest BCUT2D eigenvalue weighted by Gasteiger charge is 2.38. The summed E-state index contributed by atoms with van der Waals surface area (Å²) in [7, 11) is 0. The van der Waals surface area contributed by atoms with Crippen LogP contribution < -0.4 is 0 Å². The fourth-order valence-corrected chi connectivity index (χ4v) is 2.03. The number of carboxylic acid groups (broad SMARTS) is 1. The van der Waals surface area contributed by atoms with E-state index in [2.05, 4.69) is 0 Å². The number of hydrogen-bond donors (Lipinski definition) is 1. The Balaban J connectivity index is 3.03. The lowest BCUT2D eigenvalue weighted by Crippen LogP contribution is -2.30. The van der Waals surface area contributed by atoms with Gasteiger partial charge in [-0.25, -0.2) is 0 Å². The molecule has 0 aromatic heterocycles. The van der Waals surface area contributed by atoms with Crippen LogP contribution in [0.3, 0.4) is 0 Å². The van der Waals surface area contributed by atoms with Crippen molar-refractivity contribution in [2.75, 3.05) is 0 Å². The molecule has 18 heavy (non-hydrogen) atoms. The van der Waals surface area contributed by atoms with Crippen molar-refractivity contribution < 1.29 is 14.7 Å². The Morgan fingerprint density at radius 1 is 1.39 bits per heavy atom. The average molecular weight is 355 g/mol. The molecule has 0 aliphatic heterocycles. The van der Waals surface area contributed by atoms with E-state index in [0.717, 1.165) is 0 Å². The summed E-state index contributed by atoms with van der Waals surface area (Å²) >= 11 is 1.82. The fourth-order valence-electron chi connectivity index (χ4n) is 1.42. The third-order valence-corrected chi connectivity index (χ3v) is 2.82. The van der Waals surface area contributed by atoms with Gasteiger partial charge in [0, 0.05) is 12.0 Å². The lowest BCUT2D eigenvalue weighted by molar-refractivity contribution is -0.143. The molecule has 0 aliphatic carbocycles. The molecule has 1 aromatic carbocycles. The van der Waals surface area contributed by atoms with Crippen molar-refractivity contribution in [2.45, 2.75) is 6.42 Å². The quantitative estimate of drug-likeness (QED) is 0.651. The third-order valence-electron chi connectivity index (χ3n) is 2.46. The predicted molar refractivity (Wildman–Crippen MR) is 74.2 cm³/mol. The Morgan fingerprint density at radius 3 is 2.44 bits per heavy atom. The molecule has 1 atom stereocenters. The normalized spacial score (nSPS) is 13.8. The number of ketones is 1. The molecule has 92 valence electrons. The highest BCUT2D eigenvalue weighted by atomic mass is 127. The molecular weight excluding hydrogens is 345 g/mol. The number of aliphatic carboxylic acids is 1. The van der Waals surface area contributed by atoms with E-state index < -0.39 is 11.4 Å². The Morgan fingerprint density at radius 2 is 2.00 bits per heavy atom. The zero-order chi connectivity index (χ0) is 13.6. The lowest BCUT2D eigenvalue weighted by Gasteiger charge is -2.16. The summed E-state index contributed by atoms with van der Waals surface area (Å²) in [6.07, 6.45) is 0.860. The van der Waals surface area contributed by atoms with E-state index in [1.54, 1.807) is 36.4 Å². The van der Waals surface area contributed by atoms with Gasteiger partial charge < -0.3 is 5.11 Å². The van der Waals surface area contributed by atoms with Crippen molar-refractivity contribution in [3.63, 3.8) is 0 Å². The van der Waals surface area contributed by atoms with E-state index in [-0.39, 0.29) is 12.2 Å². The minimum atomic E-state index is -1.80. The molecule has 0 unspecified atom stereocenters. The molecule has 1 N–H and O–H groups in total. The Hall–Kier alpha value is -1.68. The summed E-state index contributed by atoms with van der Waals surface area (Å²) in [6.45, 7) is 0. The first kappa shape index (κ1) is 14.4. The molecule has 0 aliphatic rings. The molecule has 4 nitrogen and oxygen atoms in total. The van der Waals surface area contributed by atoms with Crippen LogP contribution in [0.15, 0.2) is 40.5 Å². The molecular formula is C13H10INO3. The number of carboxylic acids is 1. The van der Waals surface area contributed by atoms with Crippen LogP contribution in [0.4, 0.5) is 0 Å². The highest BCUT2D eigenvalue weighted by molar-refractivity contribution is 14.1. The number of nitriles is 1. The number of Topliss-reactive ketones (excluding diaryl/α,β-unsaturated/α-hetero) is 1. The molecule has 1 rings (SSSR count). The first-order valence-corrected chi connectivity index (χ1v) is 6.31. The van der Waals surface area contributed by atoms with E-state index in [0.29, 0.717) is 5.56 Å². The van der Waals surface area contributed by atoms with Crippen molar-refractivity contribution in [3.8, 4) is 6.07 Å². The highest BCUT2D eigenvalue weighted by Crippen LogP contribution is 2.26. The van der Waals surface area contributed by atoms with E-state index in [9.17, 15) is 9.59 Å². The summed E-state index contributed by atoms with van der Waals surface area (Å²) in [5.41, 5.74) is -1.39. The van der Waals surface area contributed by atoms with Crippen LogP contribution >= 0.6 is 22.6 Å². The molecule has 5 heteroatoms. The van der Waals surface area contributed by atoms with Crippen LogP contribution in [-0.4, -0.2) is 16.9 Å². The fraction of sp³-hybridized carbons (Fsp3) is 0.154. The standard InChI is InChI=1S/C13H10INO3/c14-7-6-13(9-15,12(17)18)8-11(16)10-4-2-1-3-5-10/h1-7H,8H2,(H,17,18)/b7-6+/t13-/m0/s1. The maximum atomic E-state index is 11.9. The number of hydrogen-bond acceptors (Lipinski definition) is 3. The minimum absolute atomic E-state index is 0.367. The van der Waals surface area contributed by atoms with E-state index in [4.69, 9.17) is 10.4 Å². The smallest absolute Gasteiger partial charge is 0.328 e. The number of carbonyl (C=O) groups excluding carboxylic acids is 1. The first-order chi connectivity index (χ1) is 8.55. The second-order valence-corrected chi connectivity index (χ2v) is 4.37. The molecule has 0 saturated carbocycles. The van der Waals surface area contributed by atoms with Gasteiger partial charge in [-0.15, -0.1) is 0 Å².